The lowest BCUT2D eigenvalue weighted by molar-refractivity contribution is -0.118. The van der Waals surface area contributed by atoms with Gasteiger partial charge in [0.2, 0.25) is 5.91 Å². The molecule has 0 bridgehead atoms. The average molecular weight is 270 g/mol. The minimum Gasteiger partial charge on any atom is -0.398 e. The first-order valence-electron chi connectivity index (χ1n) is 6.84. The topological polar surface area (TPSA) is 75.0 Å². The maximum absolute atomic E-state index is 12.5. The number of rotatable bonds is 2. The number of aromatic nitrogens is 2. The van der Waals surface area contributed by atoms with Gasteiger partial charge in [0.05, 0.1) is 12.1 Å². The number of carbonyl (C=O) groups excluding carboxylic acids is 1. The molecule has 1 aliphatic rings. The van der Waals surface area contributed by atoms with Crippen LogP contribution in [-0.2, 0) is 17.6 Å². The van der Waals surface area contributed by atoms with Crippen LogP contribution in [0.25, 0.3) is 0 Å². The highest BCUT2D eigenvalue weighted by molar-refractivity contribution is 5.96. The van der Waals surface area contributed by atoms with E-state index < -0.39 is 0 Å². The number of hydrogen-bond acceptors (Lipinski definition) is 3. The van der Waals surface area contributed by atoms with Gasteiger partial charge in [-0.05, 0) is 43.5 Å². The quantitative estimate of drug-likeness (QED) is 0.817. The molecule has 2 heterocycles. The normalized spacial score (nSPS) is 14.2. The maximum Gasteiger partial charge on any atom is 0.233 e. The lowest BCUT2D eigenvalue weighted by Gasteiger charge is -2.30. The molecule has 0 unspecified atom stereocenters. The van der Waals surface area contributed by atoms with E-state index in [4.69, 9.17) is 5.73 Å². The molecule has 0 radical (unpaired) electrons. The largest absolute Gasteiger partial charge is 0.398 e. The summed E-state index contributed by atoms with van der Waals surface area (Å²) >= 11 is 0. The molecule has 5 heteroatoms. The van der Waals surface area contributed by atoms with Crippen LogP contribution in [0.15, 0.2) is 24.3 Å². The van der Waals surface area contributed by atoms with E-state index in [0.717, 1.165) is 47.7 Å². The number of nitrogens with one attached hydrogen (secondary N) is 1. The number of nitrogens with zero attached hydrogens (tertiary/aromatic N) is 2. The molecule has 5 nitrogen and oxygen atoms in total. The van der Waals surface area contributed by atoms with Crippen molar-refractivity contribution in [3.05, 3.63) is 41.2 Å². The summed E-state index contributed by atoms with van der Waals surface area (Å²) in [5.74, 6) is 0.0723. The molecule has 20 heavy (non-hydrogen) atoms. The third kappa shape index (κ3) is 2.27. The molecule has 1 aromatic carbocycles. The first kappa shape index (κ1) is 12.7. The zero-order valence-corrected chi connectivity index (χ0v) is 11.5. The Morgan fingerprint density at radius 2 is 2.35 bits per heavy atom. The first-order chi connectivity index (χ1) is 9.65. The summed E-state index contributed by atoms with van der Waals surface area (Å²) in [6.45, 7) is 2.68. The Morgan fingerprint density at radius 1 is 1.50 bits per heavy atom. The number of nitrogen functional groups attached to an aromatic ring is 1. The van der Waals surface area contributed by atoms with Crippen LogP contribution < -0.4 is 10.6 Å². The van der Waals surface area contributed by atoms with Crippen LogP contribution in [0, 0.1) is 6.92 Å². The van der Waals surface area contributed by atoms with Crippen LogP contribution in [0.1, 0.15) is 23.4 Å². The lowest BCUT2D eigenvalue weighted by atomic mass is 9.99. The highest BCUT2D eigenvalue weighted by atomic mass is 16.2. The number of anilines is 2. The molecular weight excluding hydrogens is 252 g/mol. The van der Waals surface area contributed by atoms with Gasteiger partial charge in [-0.2, -0.15) is 5.10 Å². The van der Waals surface area contributed by atoms with Crippen molar-refractivity contribution in [1.82, 2.24) is 10.2 Å². The van der Waals surface area contributed by atoms with Crippen molar-refractivity contribution in [3.8, 4) is 0 Å². The Bertz CT molecular complexity index is 647. The van der Waals surface area contributed by atoms with E-state index in [9.17, 15) is 4.79 Å². The molecule has 0 saturated heterocycles. The molecule has 0 fully saturated rings. The van der Waals surface area contributed by atoms with Crippen LogP contribution >= 0.6 is 0 Å². The second-order valence-corrected chi connectivity index (χ2v) is 5.21. The van der Waals surface area contributed by atoms with Crippen LogP contribution in [0.5, 0.6) is 0 Å². The summed E-state index contributed by atoms with van der Waals surface area (Å²) < 4.78 is 0. The second kappa shape index (κ2) is 5.00. The number of amides is 1. The van der Waals surface area contributed by atoms with Gasteiger partial charge < -0.3 is 10.6 Å². The molecule has 0 atom stereocenters. The predicted octanol–water partition coefficient (Wildman–Crippen LogP) is 1.82. The second-order valence-electron chi connectivity index (χ2n) is 5.21. The fourth-order valence-electron chi connectivity index (χ4n) is 2.73. The number of benzene rings is 1. The maximum atomic E-state index is 12.5. The number of H-pyrrole nitrogens is 1. The van der Waals surface area contributed by atoms with Crippen LogP contribution in [0.2, 0.25) is 0 Å². The highest BCUT2D eigenvalue weighted by Crippen LogP contribution is 2.31. The third-order valence-corrected chi connectivity index (χ3v) is 3.68. The van der Waals surface area contributed by atoms with Gasteiger partial charge in [-0.1, -0.05) is 6.07 Å². The van der Waals surface area contributed by atoms with Crippen LogP contribution in [0.4, 0.5) is 11.4 Å². The van der Waals surface area contributed by atoms with Gasteiger partial charge in [0, 0.05) is 23.6 Å². The molecule has 104 valence electrons. The van der Waals surface area contributed by atoms with Gasteiger partial charge in [0.15, 0.2) is 0 Å². The summed E-state index contributed by atoms with van der Waals surface area (Å²) in [5, 5.41) is 6.99. The van der Waals surface area contributed by atoms with Crippen molar-refractivity contribution < 1.29 is 4.79 Å². The number of hydrogen-bond donors (Lipinski definition) is 2. The fourth-order valence-corrected chi connectivity index (χ4v) is 2.73. The van der Waals surface area contributed by atoms with E-state index in [0.29, 0.717) is 6.42 Å². The third-order valence-electron chi connectivity index (χ3n) is 3.68. The Labute approximate surface area is 117 Å². The molecule has 1 amide bonds. The van der Waals surface area contributed by atoms with E-state index >= 15 is 0 Å². The van der Waals surface area contributed by atoms with Crippen molar-refractivity contribution in [1.29, 1.82) is 0 Å². The van der Waals surface area contributed by atoms with Gasteiger partial charge >= 0.3 is 0 Å². The molecule has 3 rings (SSSR count). The zero-order valence-electron chi connectivity index (χ0n) is 11.5. The van der Waals surface area contributed by atoms with Crippen molar-refractivity contribution >= 4 is 17.3 Å². The molecular formula is C15H18N4O. The summed E-state index contributed by atoms with van der Waals surface area (Å²) in [6.07, 6.45) is 2.21. The van der Waals surface area contributed by atoms with Gasteiger partial charge in [0.25, 0.3) is 0 Å². The van der Waals surface area contributed by atoms with E-state index in [1.165, 1.54) is 0 Å². The van der Waals surface area contributed by atoms with Crippen LogP contribution in [-0.4, -0.2) is 22.6 Å². The Kier molecular flexibility index (Phi) is 3.18. The number of aryl methyl sites for hydroxylation is 1. The predicted molar refractivity (Wildman–Crippen MR) is 78.6 cm³/mol. The highest BCUT2D eigenvalue weighted by Gasteiger charge is 2.24. The van der Waals surface area contributed by atoms with Crippen molar-refractivity contribution in [2.24, 2.45) is 0 Å². The minimum absolute atomic E-state index is 0.0723. The molecule has 1 aromatic heterocycles. The molecule has 0 spiro atoms. The number of fused-ring (bicyclic) bond motifs is 1. The number of nitrogens with two attached hydrogens (primary N) is 1. The summed E-state index contributed by atoms with van der Waals surface area (Å²) in [6, 6.07) is 7.67. The monoisotopic (exact) mass is 270 g/mol. The summed E-state index contributed by atoms with van der Waals surface area (Å²) in [5.41, 5.74) is 10.6. The van der Waals surface area contributed by atoms with Gasteiger partial charge in [0.1, 0.15) is 0 Å². The molecule has 1 aliphatic heterocycles. The van der Waals surface area contributed by atoms with E-state index in [2.05, 4.69) is 10.2 Å². The minimum atomic E-state index is 0.0723. The van der Waals surface area contributed by atoms with Gasteiger partial charge in [-0.25, -0.2) is 0 Å². The van der Waals surface area contributed by atoms with Gasteiger partial charge in [-0.15, -0.1) is 0 Å². The molecule has 3 N–H and O–H groups in total. The first-order valence-corrected chi connectivity index (χ1v) is 6.84. The average Bonchev–Trinajstić information content (AvgIpc) is 2.84. The fraction of sp³-hybridized carbons (Fsp3) is 0.333. The molecule has 2 aromatic rings. The van der Waals surface area contributed by atoms with Crippen molar-refractivity contribution in [2.75, 3.05) is 17.2 Å². The number of carbonyl (C=O) groups is 1. The Hall–Kier alpha value is -2.30. The summed E-state index contributed by atoms with van der Waals surface area (Å²) in [4.78, 5) is 14.3. The van der Waals surface area contributed by atoms with Crippen molar-refractivity contribution in [2.45, 2.75) is 26.2 Å². The van der Waals surface area contributed by atoms with Crippen molar-refractivity contribution in [3.63, 3.8) is 0 Å². The number of aromatic amines is 1. The van der Waals surface area contributed by atoms with Crippen LogP contribution in [0.3, 0.4) is 0 Å². The van der Waals surface area contributed by atoms with Gasteiger partial charge in [-0.3, -0.25) is 9.89 Å². The lowest BCUT2D eigenvalue weighted by Crippen LogP contribution is -2.36. The molecule has 0 saturated carbocycles. The van der Waals surface area contributed by atoms with E-state index in [1.54, 1.807) is 0 Å². The smallest absolute Gasteiger partial charge is 0.233 e. The molecule has 0 aliphatic carbocycles. The van der Waals surface area contributed by atoms with E-state index in [-0.39, 0.29) is 5.91 Å². The SMILES string of the molecule is Cc1cc(CC(=O)N2CCCc3c(N)cccc32)n[nH]1. The zero-order chi connectivity index (χ0) is 14.1. The Balaban J connectivity index is 1.85. The van der Waals surface area contributed by atoms with E-state index in [1.807, 2.05) is 36.1 Å². The standard InChI is InChI=1S/C15H18N4O/c1-10-8-11(18-17-10)9-15(20)19-7-3-4-12-13(16)5-2-6-14(12)19/h2,5-6,8H,3-4,7,9,16H2,1H3,(H,17,18). The summed E-state index contributed by atoms with van der Waals surface area (Å²) in [7, 11) is 0. The Morgan fingerprint density at radius 3 is 3.10 bits per heavy atom.